The second-order valence-electron chi connectivity index (χ2n) is 10.2. The summed E-state index contributed by atoms with van der Waals surface area (Å²) in [6, 6.07) is 24.7. The van der Waals surface area contributed by atoms with Gasteiger partial charge in [0.05, 0.1) is 0 Å². The fourth-order valence-corrected chi connectivity index (χ4v) is 5.50. The molecule has 0 aliphatic rings. The highest BCUT2D eigenvalue weighted by Crippen LogP contribution is 2.31. The Kier molecular flexibility index (Phi) is 7.58. The monoisotopic (exact) mass is 580 g/mol. The van der Waals surface area contributed by atoms with Gasteiger partial charge < -0.3 is 20.6 Å². The van der Waals surface area contributed by atoms with E-state index in [2.05, 4.69) is 20.6 Å². The van der Waals surface area contributed by atoms with Crippen molar-refractivity contribution in [3.8, 4) is 0 Å². The molecule has 8 nitrogen and oxygen atoms in total. The van der Waals surface area contributed by atoms with Crippen molar-refractivity contribution in [1.82, 2.24) is 9.97 Å². The van der Waals surface area contributed by atoms with Gasteiger partial charge in [-0.25, -0.2) is 0 Å². The molecule has 9 heteroatoms. The van der Waals surface area contributed by atoms with Crippen molar-refractivity contribution in [3.05, 3.63) is 105 Å². The molecule has 0 saturated heterocycles. The molecule has 0 aliphatic carbocycles. The summed E-state index contributed by atoms with van der Waals surface area (Å²) in [7, 11) is 0. The van der Waals surface area contributed by atoms with Gasteiger partial charge in [0.15, 0.2) is 10.9 Å². The number of benzene rings is 4. The third-order valence-electron chi connectivity index (χ3n) is 8.00. The maximum atomic E-state index is 13.7. The lowest BCUT2D eigenvalue weighted by molar-refractivity contribution is -0.137. The first-order chi connectivity index (χ1) is 19.8. The molecule has 212 valence electrons. The summed E-state index contributed by atoms with van der Waals surface area (Å²) in [5, 5.41) is 7.74. The van der Waals surface area contributed by atoms with Crippen molar-refractivity contribution >= 4 is 79.2 Å². The molecule has 2 aromatic heterocycles. The standard InChI is InChI=1S/C33H28N4O4.ClH/c1-3-33(4-2,31(40)34-19-13-15-27-23(17-19)29(38)21-9-5-7-11-25(21)36-27)32(41)35-20-14-16-28-24(18-20)30(39)22-10-6-8-12-26(22)37-28;/h5-18H,3-4H2,1-2H3,(H,34,40)(H,35,41)(H,36,38)(H,37,39);1H. The average molecular weight is 581 g/mol. The maximum Gasteiger partial charge on any atom is 0.240 e. The summed E-state index contributed by atoms with van der Waals surface area (Å²) >= 11 is 0. The number of rotatable bonds is 6. The molecule has 0 spiro atoms. The van der Waals surface area contributed by atoms with Crippen LogP contribution in [0, 0.1) is 5.41 Å². The van der Waals surface area contributed by atoms with Gasteiger partial charge in [-0.1, -0.05) is 38.1 Å². The number of hydrogen-bond donors (Lipinski definition) is 4. The molecule has 42 heavy (non-hydrogen) atoms. The Morgan fingerprint density at radius 2 is 0.976 bits per heavy atom. The van der Waals surface area contributed by atoms with Gasteiger partial charge >= 0.3 is 0 Å². The maximum absolute atomic E-state index is 13.7. The van der Waals surface area contributed by atoms with Crippen LogP contribution in [0.3, 0.4) is 0 Å². The number of para-hydroxylation sites is 2. The Balaban J connectivity index is 0.00000353. The molecule has 4 aromatic carbocycles. The molecular weight excluding hydrogens is 552 g/mol. The predicted octanol–water partition coefficient (Wildman–Crippen LogP) is 6.48. The SMILES string of the molecule is CCC(CC)(C(=O)Nc1ccc2[nH]c3ccccc3c(=O)c2c1)C(=O)Nc1ccc2[nH]c3ccccc3c(=O)c2c1.Cl. The Labute approximate surface area is 246 Å². The first-order valence-electron chi connectivity index (χ1n) is 13.6. The van der Waals surface area contributed by atoms with Crippen LogP contribution in [-0.4, -0.2) is 21.8 Å². The molecule has 0 atom stereocenters. The van der Waals surface area contributed by atoms with Gasteiger partial charge in [0.1, 0.15) is 5.41 Å². The summed E-state index contributed by atoms with van der Waals surface area (Å²) in [6.45, 7) is 3.58. The van der Waals surface area contributed by atoms with E-state index in [9.17, 15) is 19.2 Å². The van der Waals surface area contributed by atoms with E-state index in [1.165, 1.54) is 0 Å². The van der Waals surface area contributed by atoms with Crippen molar-refractivity contribution in [2.24, 2.45) is 5.41 Å². The first-order valence-corrected chi connectivity index (χ1v) is 13.6. The van der Waals surface area contributed by atoms with Gasteiger partial charge in [-0.2, -0.15) is 0 Å². The molecule has 0 saturated carbocycles. The van der Waals surface area contributed by atoms with Crippen LogP contribution in [0.25, 0.3) is 43.6 Å². The highest BCUT2D eigenvalue weighted by Gasteiger charge is 2.42. The largest absolute Gasteiger partial charge is 0.354 e. The number of H-pyrrole nitrogens is 2. The summed E-state index contributed by atoms with van der Waals surface area (Å²) in [5.41, 5.74) is 1.96. The lowest BCUT2D eigenvalue weighted by Gasteiger charge is -2.29. The Morgan fingerprint density at radius 1 is 0.595 bits per heavy atom. The summed E-state index contributed by atoms with van der Waals surface area (Å²) in [5.74, 6) is -0.942. The van der Waals surface area contributed by atoms with Gasteiger partial charge in [0.25, 0.3) is 0 Å². The second-order valence-corrected chi connectivity index (χ2v) is 10.2. The zero-order chi connectivity index (χ0) is 28.7. The number of nitrogens with one attached hydrogen (secondary N) is 4. The number of aromatic nitrogens is 2. The molecule has 2 amide bonds. The van der Waals surface area contributed by atoms with Crippen molar-refractivity contribution < 1.29 is 9.59 Å². The fourth-order valence-electron chi connectivity index (χ4n) is 5.50. The van der Waals surface area contributed by atoms with Gasteiger partial charge in [0, 0.05) is 55.0 Å². The van der Waals surface area contributed by atoms with E-state index in [-0.39, 0.29) is 36.1 Å². The van der Waals surface area contributed by atoms with Gasteiger partial charge in [0.2, 0.25) is 11.8 Å². The van der Waals surface area contributed by atoms with Gasteiger partial charge in [-0.05, 0) is 73.5 Å². The minimum atomic E-state index is -1.38. The summed E-state index contributed by atoms with van der Waals surface area (Å²) in [6.07, 6.45) is 0.498. The number of carbonyl (C=O) groups is 2. The van der Waals surface area contributed by atoms with E-state index in [4.69, 9.17) is 0 Å². The number of hydrogen-bond acceptors (Lipinski definition) is 4. The number of anilines is 2. The van der Waals surface area contributed by atoms with Crippen molar-refractivity contribution in [2.45, 2.75) is 26.7 Å². The number of amides is 2. The third kappa shape index (κ3) is 4.69. The molecule has 0 fully saturated rings. The zero-order valence-corrected chi connectivity index (χ0v) is 23.9. The van der Waals surface area contributed by atoms with Crippen LogP contribution < -0.4 is 21.5 Å². The third-order valence-corrected chi connectivity index (χ3v) is 8.00. The summed E-state index contributed by atoms with van der Waals surface area (Å²) < 4.78 is 0. The lowest BCUT2D eigenvalue weighted by Crippen LogP contribution is -2.45. The molecule has 0 aliphatic heterocycles. The van der Waals surface area contributed by atoms with E-state index >= 15 is 0 Å². The molecular formula is C33H29ClN4O4. The number of aromatic amines is 2. The number of halogens is 1. The van der Waals surface area contributed by atoms with Crippen LogP contribution in [0.15, 0.2) is 94.5 Å². The minimum absolute atomic E-state index is 0. The topological polar surface area (TPSA) is 124 Å². The minimum Gasteiger partial charge on any atom is -0.354 e. The van der Waals surface area contributed by atoms with Crippen LogP contribution in [-0.2, 0) is 9.59 Å². The van der Waals surface area contributed by atoms with Crippen molar-refractivity contribution in [2.75, 3.05) is 10.6 Å². The van der Waals surface area contributed by atoms with E-state index in [1.807, 2.05) is 24.3 Å². The zero-order valence-electron chi connectivity index (χ0n) is 23.0. The molecule has 0 unspecified atom stereocenters. The fraction of sp³-hybridized carbons (Fsp3) is 0.152. The predicted molar refractivity (Wildman–Crippen MR) is 172 cm³/mol. The molecule has 6 rings (SSSR count). The van der Waals surface area contributed by atoms with E-state index in [1.54, 1.807) is 74.5 Å². The Hall–Kier alpha value is -4.95. The van der Waals surface area contributed by atoms with Crippen LogP contribution in [0.2, 0.25) is 0 Å². The van der Waals surface area contributed by atoms with E-state index in [0.29, 0.717) is 44.0 Å². The Bertz CT molecular complexity index is 1980. The van der Waals surface area contributed by atoms with Crippen LogP contribution in [0.4, 0.5) is 11.4 Å². The normalized spacial score (nSPS) is 11.5. The smallest absolute Gasteiger partial charge is 0.240 e. The molecule has 6 aromatic rings. The highest BCUT2D eigenvalue weighted by molar-refractivity contribution is 6.15. The van der Waals surface area contributed by atoms with Crippen molar-refractivity contribution in [1.29, 1.82) is 0 Å². The van der Waals surface area contributed by atoms with Crippen molar-refractivity contribution in [3.63, 3.8) is 0 Å². The van der Waals surface area contributed by atoms with Crippen LogP contribution >= 0.6 is 12.4 Å². The average Bonchev–Trinajstić information content (AvgIpc) is 2.99. The highest BCUT2D eigenvalue weighted by atomic mass is 35.5. The van der Waals surface area contributed by atoms with E-state index in [0.717, 1.165) is 11.0 Å². The first kappa shape index (κ1) is 28.6. The van der Waals surface area contributed by atoms with Crippen LogP contribution in [0.5, 0.6) is 0 Å². The number of pyridine rings is 2. The summed E-state index contributed by atoms with van der Waals surface area (Å²) in [4.78, 5) is 60.1. The lowest BCUT2D eigenvalue weighted by atomic mass is 9.80. The number of carbonyl (C=O) groups excluding carboxylic acids is 2. The molecule has 4 N–H and O–H groups in total. The quantitative estimate of drug-likeness (QED) is 0.133. The van der Waals surface area contributed by atoms with E-state index < -0.39 is 17.2 Å². The number of fused-ring (bicyclic) bond motifs is 4. The molecule has 2 heterocycles. The molecule has 0 radical (unpaired) electrons. The van der Waals surface area contributed by atoms with Gasteiger partial charge in [-0.15, -0.1) is 12.4 Å². The van der Waals surface area contributed by atoms with Gasteiger partial charge in [-0.3, -0.25) is 19.2 Å². The second kappa shape index (κ2) is 11.1. The van der Waals surface area contributed by atoms with Crippen LogP contribution in [0.1, 0.15) is 26.7 Å². The molecule has 0 bridgehead atoms. The Morgan fingerprint density at radius 3 is 1.38 bits per heavy atom.